The number of H-pyrrole nitrogens is 1. The lowest BCUT2D eigenvalue weighted by Gasteiger charge is -2.07. The molecule has 0 saturated heterocycles. The maximum atomic E-state index is 5.50. The number of hydrogen-bond donors (Lipinski definition) is 1. The lowest BCUT2D eigenvalue weighted by atomic mass is 10.2. The van der Waals surface area contributed by atoms with Gasteiger partial charge in [-0.3, -0.25) is 9.55 Å². The SMILES string of the molecule is Cc1ccnc2c1[nH]c(=S)n2-c1cccc2ncccc12. The van der Waals surface area contributed by atoms with Crippen molar-refractivity contribution in [1.82, 2.24) is 19.5 Å². The Labute approximate surface area is 126 Å². The molecule has 3 aromatic heterocycles. The Morgan fingerprint density at radius 1 is 1.05 bits per heavy atom. The van der Waals surface area contributed by atoms with Crippen LogP contribution in [0, 0.1) is 11.7 Å². The summed E-state index contributed by atoms with van der Waals surface area (Å²) in [6.45, 7) is 2.05. The predicted octanol–water partition coefficient (Wildman–Crippen LogP) is 3.94. The molecule has 0 aliphatic rings. The first-order valence-corrected chi connectivity index (χ1v) is 7.07. The molecule has 102 valence electrons. The van der Waals surface area contributed by atoms with Gasteiger partial charge in [0.1, 0.15) is 0 Å². The third-order valence-corrected chi connectivity index (χ3v) is 3.93. The molecule has 0 aliphatic carbocycles. The Bertz CT molecular complexity index is 1020. The lowest BCUT2D eigenvalue weighted by Crippen LogP contribution is -1.97. The van der Waals surface area contributed by atoms with Crippen molar-refractivity contribution in [2.75, 3.05) is 0 Å². The largest absolute Gasteiger partial charge is 0.329 e. The van der Waals surface area contributed by atoms with Crippen LogP contribution in [0.15, 0.2) is 48.8 Å². The minimum atomic E-state index is 0.642. The van der Waals surface area contributed by atoms with Crippen LogP contribution < -0.4 is 0 Å². The van der Waals surface area contributed by atoms with E-state index in [2.05, 4.69) is 15.0 Å². The maximum Gasteiger partial charge on any atom is 0.184 e. The van der Waals surface area contributed by atoms with Crippen molar-refractivity contribution in [1.29, 1.82) is 0 Å². The van der Waals surface area contributed by atoms with Crippen LogP contribution in [0.5, 0.6) is 0 Å². The summed E-state index contributed by atoms with van der Waals surface area (Å²) >= 11 is 5.50. The van der Waals surface area contributed by atoms with Crippen molar-refractivity contribution >= 4 is 34.3 Å². The molecule has 3 heterocycles. The molecule has 0 aliphatic heterocycles. The van der Waals surface area contributed by atoms with Crippen LogP contribution in [0.2, 0.25) is 0 Å². The van der Waals surface area contributed by atoms with E-state index in [9.17, 15) is 0 Å². The molecule has 4 aromatic rings. The summed E-state index contributed by atoms with van der Waals surface area (Å²) in [4.78, 5) is 12.1. The van der Waals surface area contributed by atoms with Gasteiger partial charge in [0.15, 0.2) is 10.4 Å². The van der Waals surface area contributed by atoms with Crippen molar-refractivity contribution < 1.29 is 0 Å². The van der Waals surface area contributed by atoms with Gasteiger partial charge < -0.3 is 4.98 Å². The Balaban J connectivity index is 2.17. The summed E-state index contributed by atoms with van der Waals surface area (Å²) in [6, 6.07) is 12.0. The number of nitrogens with zero attached hydrogens (tertiary/aromatic N) is 3. The number of rotatable bonds is 1. The normalized spacial score (nSPS) is 11.3. The van der Waals surface area contributed by atoms with Gasteiger partial charge in [-0.1, -0.05) is 6.07 Å². The first kappa shape index (κ1) is 12.2. The Hall–Kier alpha value is -2.53. The molecule has 0 spiro atoms. The third kappa shape index (κ3) is 1.78. The second-order valence-corrected chi connectivity index (χ2v) is 5.33. The van der Waals surface area contributed by atoms with Gasteiger partial charge in [0.05, 0.1) is 16.7 Å². The zero-order chi connectivity index (χ0) is 14.4. The minimum Gasteiger partial charge on any atom is -0.329 e. The number of aromatic nitrogens is 4. The van der Waals surface area contributed by atoms with Crippen LogP contribution in [0.3, 0.4) is 0 Å². The van der Waals surface area contributed by atoms with Gasteiger partial charge in [-0.15, -0.1) is 0 Å². The fraction of sp³-hybridized carbons (Fsp3) is 0.0625. The average Bonchev–Trinajstić information content (AvgIpc) is 2.84. The molecule has 0 radical (unpaired) electrons. The molecule has 0 fully saturated rings. The summed E-state index contributed by atoms with van der Waals surface area (Å²) in [5, 5.41) is 1.06. The van der Waals surface area contributed by atoms with Crippen LogP contribution in [-0.2, 0) is 0 Å². The van der Waals surface area contributed by atoms with Crippen molar-refractivity contribution in [3.05, 3.63) is 59.1 Å². The number of benzene rings is 1. The minimum absolute atomic E-state index is 0.642. The second-order valence-electron chi connectivity index (χ2n) is 4.94. The quantitative estimate of drug-likeness (QED) is 0.540. The Morgan fingerprint density at radius 2 is 1.95 bits per heavy atom. The topological polar surface area (TPSA) is 46.5 Å². The first-order valence-electron chi connectivity index (χ1n) is 6.66. The van der Waals surface area contributed by atoms with E-state index in [1.165, 1.54) is 0 Å². The third-order valence-electron chi connectivity index (χ3n) is 3.65. The molecular weight excluding hydrogens is 280 g/mol. The molecule has 1 N–H and O–H groups in total. The number of hydrogen-bond acceptors (Lipinski definition) is 3. The van der Waals surface area contributed by atoms with Crippen LogP contribution >= 0.6 is 12.2 Å². The van der Waals surface area contributed by atoms with E-state index in [1.807, 2.05) is 47.9 Å². The van der Waals surface area contributed by atoms with Gasteiger partial charge in [-0.25, -0.2) is 4.98 Å². The highest BCUT2D eigenvalue weighted by atomic mass is 32.1. The molecule has 1 aromatic carbocycles. The van der Waals surface area contributed by atoms with Crippen LogP contribution in [0.4, 0.5) is 0 Å². The highest BCUT2D eigenvalue weighted by Gasteiger charge is 2.11. The second kappa shape index (κ2) is 4.49. The van der Waals surface area contributed by atoms with Crippen molar-refractivity contribution in [3.63, 3.8) is 0 Å². The van der Waals surface area contributed by atoms with E-state index < -0.39 is 0 Å². The molecule has 5 heteroatoms. The molecule has 0 atom stereocenters. The summed E-state index contributed by atoms with van der Waals surface area (Å²) in [5.41, 5.74) is 4.89. The lowest BCUT2D eigenvalue weighted by molar-refractivity contribution is 1.05. The summed E-state index contributed by atoms with van der Waals surface area (Å²) in [5.74, 6) is 0. The van der Waals surface area contributed by atoms with Gasteiger partial charge in [-0.05, 0) is 55.0 Å². The van der Waals surface area contributed by atoms with Gasteiger partial charge >= 0.3 is 0 Å². The molecule has 21 heavy (non-hydrogen) atoms. The number of aryl methyl sites for hydroxylation is 1. The van der Waals surface area contributed by atoms with E-state index >= 15 is 0 Å². The van der Waals surface area contributed by atoms with Crippen molar-refractivity contribution in [3.8, 4) is 5.69 Å². The molecule has 0 unspecified atom stereocenters. The standard InChI is InChI=1S/C16H12N4S/c1-10-7-9-18-15-14(10)19-16(21)20(15)13-6-2-5-12-11(13)4-3-8-17-12/h2-9H,1H3,(H,19,21). The summed E-state index contributed by atoms with van der Waals surface area (Å²) < 4.78 is 2.62. The van der Waals surface area contributed by atoms with Gasteiger partial charge in [-0.2, -0.15) is 0 Å². The maximum absolute atomic E-state index is 5.50. The van der Waals surface area contributed by atoms with E-state index in [0.29, 0.717) is 4.77 Å². The van der Waals surface area contributed by atoms with Crippen LogP contribution in [0.25, 0.3) is 27.8 Å². The molecule has 0 bridgehead atoms. The molecular formula is C16H12N4S. The Kier molecular flexibility index (Phi) is 2.62. The van der Waals surface area contributed by atoms with E-state index in [-0.39, 0.29) is 0 Å². The number of aromatic amines is 1. The van der Waals surface area contributed by atoms with Crippen molar-refractivity contribution in [2.45, 2.75) is 6.92 Å². The fourth-order valence-corrected chi connectivity index (χ4v) is 2.92. The highest BCUT2D eigenvalue weighted by Crippen LogP contribution is 2.25. The Morgan fingerprint density at radius 3 is 2.86 bits per heavy atom. The van der Waals surface area contributed by atoms with Gasteiger partial charge in [0, 0.05) is 17.8 Å². The monoisotopic (exact) mass is 292 g/mol. The molecule has 0 saturated carbocycles. The van der Waals surface area contributed by atoms with Gasteiger partial charge in [0.2, 0.25) is 0 Å². The predicted molar refractivity (Wildman–Crippen MR) is 86.3 cm³/mol. The van der Waals surface area contributed by atoms with E-state index in [4.69, 9.17) is 12.2 Å². The number of imidazole rings is 1. The average molecular weight is 292 g/mol. The summed E-state index contributed by atoms with van der Waals surface area (Å²) in [7, 11) is 0. The van der Waals surface area contributed by atoms with E-state index in [0.717, 1.165) is 33.3 Å². The van der Waals surface area contributed by atoms with Crippen LogP contribution in [-0.4, -0.2) is 19.5 Å². The molecule has 4 rings (SSSR count). The molecule has 4 nitrogen and oxygen atoms in total. The number of pyridine rings is 2. The van der Waals surface area contributed by atoms with Crippen molar-refractivity contribution in [2.24, 2.45) is 0 Å². The molecule has 0 amide bonds. The zero-order valence-corrected chi connectivity index (χ0v) is 12.2. The smallest absolute Gasteiger partial charge is 0.184 e. The highest BCUT2D eigenvalue weighted by molar-refractivity contribution is 7.71. The number of fused-ring (bicyclic) bond motifs is 2. The zero-order valence-electron chi connectivity index (χ0n) is 11.4. The first-order chi connectivity index (χ1) is 10.3. The van der Waals surface area contributed by atoms with Crippen LogP contribution in [0.1, 0.15) is 5.56 Å². The van der Waals surface area contributed by atoms with E-state index in [1.54, 1.807) is 12.4 Å². The fourth-order valence-electron chi connectivity index (χ4n) is 2.63. The summed E-state index contributed by atoms with van der Waals surface area (Å²) in [6.07, 6.45) is 3.60. The number of nitrogens with one attached hydrogen (secondary N) is 1. The van der Waals surface area contributed by atoms with Gasteiger partial charge in [0.25, 0.3) is 0 Å².